The van der Waals surface area contributed by atoms with E-state index in [-0.39, 0.29) is 6.04 Å². The van der Waals surface area contributed by atoms with Crippen LogP contribution in [0.1, 0.15) is 29.5 Å². The van der Waals surface area contributed by atoms with E-state index < -0.39 is 0 Å². The van der Waals surface area contributed by atoms with Crippen molar-refractivity contribution in [1.29, 1.82) is 0 Å². The van der Waals surface area contributed by atoms with Crippen LogP contribution < -0.4 is 5.32 Å². The predicted molar refractivity (Wildman–Crippen MR) is 115 cm³/mol. The summed E-state index contributed by atoms with van der Waals surface area (Å²) in [6.07, 6.45) is 5.74. The van der Waals surface area contributed by atoms with Crippen LogP contribution in [0.2, 0.25) is 10.0 Å². The summed E-state index contributed by atoms with van der Waals surface area (Å²) in [4.78, 5) is 0. The highest BCUT2D eigenvalue weighted by Gasteiger charge is 2.38. The number of para-hydroxylation sites is 1. The average Bonchev–Trinajstić information content (AvgIpc) is 3.20. The van der Waals surface area contributed by atoms with Gasteiger partial charge in [-0.15, -0.1) is 0 Å². The number of hydrogen-bond donors (Lipinski definition) is 1. The summed E-state index contributed by atoms with van der Waals surface area (Å²) >= 11 is 12.5. The van der Waals surface area contributed by atoms with E-state index in [2.05, 4.69) is 72.1 Å². The van der Waals surface area contributed by atoms with Crippen molar-refractivity contribution in [2.75, 3.05) is 5.32 Å². The van der Waals surface area contributed by atoms with Gasteiger partial charge >= 0.3 is 0 Å². The third-order valence-corrected chi connectivity index (χ3v) is 6.52. The number of allylic oxidation sites excluding steroid dienone is 2. The van der Waals surface area contributed by atoms with Gasteiger partial charge in [-0.2, -0.15) is 0 Å². The lowest BCUT2D eigenvalue weighted by Crippen LogP contribution is -2.29. The fraction of sp³-hybridized carbons (Fsp3) is 0.167. The van der Waals surface area contributed by atoms with Crippen molar-refractivity contribution in [1.82, 2.24) is 0 Å². The number of hydrogen-bond acceptors (Lipinski definition) is 1. The molecule has 0 spiro atoms. The summed E-state index contributed by atoms with van der Waals surface area (Å²) in [5.41, 5.74) is 6.28. The molecule has 1 aliphatic heterocycles. The molecule has 0 amide bonds. The molecular formula is C24H19Cl2N. The second-order valence-electron chi connectivity index (χ2n) is 7.28. The van der Waals surface area contributed by atoms with Crippen molar-refractivity contribution < 1.29 is 0 Å². The Morgan fingerprint density at radius 1 is 0.852 bits per heavy atom. The fourth-order valence-electron chi connectivity index (χ4n) is 4.52. The molecule has 2 aliphatic rings. The van der Waals surface area contributed by atoms with E-state index in [4.69, 9.17) is 23.2 Å². The van der Waals surface area contributed by atoms with E-state index in [0.29, 0.717) is 21.9 Å². The Morgan fingerprint density at radius 3 is 2.52 bits per heavy atom. The van der Waals surface area contributed by atoms with Crippen molar-refractivity contribution in [3.63, 3.8) is 0 Å². The van der Waals surface area contributed by atoms with E-state index in [1.54, 1.807) is 0 Å². The number of fused-ring (bicyclic) bond motifs is 3. The first-order valence-electron chi connectivity index (χ1n) is 9.29. The van der Waals surface area contributed by atoms with Gasteiger partial charge in [0.2, 0.25) is 0 Å². The van der Waals surface area contributed by atoms with Gasteiger partial charge in [-0.05, 0) is 41.2 Å². The van der Waals surface area contributed by atoms with Gasteiger partial charge in [0, 0.05) is 17.2 Å². The maximum absolute atomic E-state index is 6.33. The molecule has 1 N–H and O–H groups in total. The molecule has 0 bridgehead atoms. The van der Waals surface area contributed by atoms with Crippen LogP contribution >= 0.6 is 23.2 Å². The Kier molecular flexibility index (Phi) is 4.22. The van der Waals surface area contributed by atoms with Gasteiger partial charge in [-0.3, -0.25) is 0 Å². The molecule has 0 aromatic heterocycles. The van der Waals surface area contributed by atoms with Crippen LogP contribution in [-0.2, 0) is 0 Å². The lowest BCUT2D eigenvalue weighted by atomic mass is 9.76. The zero-order chi connectivity index (χ0) is 18.4. The molecule has 0 fully saturated rings. The van der Waals surface area contributed by atoms with Crippen molar-refractivity contribution >= 4 is 28.9 Å². The lowest BCUT2D eigenvalue weighted by Gasteiger charge is -2.38. The smallest absolute Gasteiger partial charge is 0.0595 e. The summed E-state index contributed by atoms with van der Waals surface area (Å²) in [6, 6.07) is 23.4. The number of nitrogens with one attached hydrogen (secondary N) is 1. The quantitative estimate of drug-likeness (QED) is 0.446. The van der Waals surface area contributed by atoms with Crippen molar-refractivity contribution in [3.05, 3.63) is 100 Å². The maximum atomic E-state index is 6.33. The van der Waals surface area contributed by atoms with Gasteiger partial charge in [-0.25, -0.2) is 0 Å². The van der Waals surface area contributed by atoms with Gasteiger partial charge in [0.05, 0.1) is 16.1 Å². The molecule has 1 nitrogen and oxygen atoms in total. The van der Waals surface area contributed by atoms with Crippen LogP contribution in [0.5, 0.6) is 0 Å². The fourth-order valence-corrected chi connectivity index (χ4v) is 4.82. The Labute approximate surface area is 169 Å². The molecule has 1 heterocycles. The SMILES string of the molecule is Clc1ccc([C@@H]2Nc3c(-c4ccccc4)cccc3[C@H]3C=CC[C@H]32)cc1Cl. The number of rotatable bonds is 2. The minimum Gasteiger partial charge on any atom is -0.377 e. The molecule has 0 unspecified atom stereocenters. The first-order valence-corrected chi connectivity index (χ1v) is 10.0. The predicted octanol–water partition coefficient (Wildman–Crippen LogP) is 7.49. The average molecular weight is 392 g/mol. The van der Waals surface area contributed by atoms with Crippen LogP contribution in [-0.4, -0.2) is 0 Å². The summed E-state index contributed by atoms with van der Waals surface area (Å²) in [5, 5.41) is 5.07. The topological polar surface area (TPSA) is 12.0 Å². The van der Waals surface area contributed by atoms with Gasteiger partial charge in [0.25, 0.3) is 0 Å². The highest BCUT2D eigenvalue weighted by atomic mass is 35.5. The third kappa shape index (κ3) is 2.86. The largest absolute Gasteiger partial charge is 0.377 e. The van der Waals surface area contributed by atoms with E-state index in [1.807, 2.05) is 12.1 Å². The Balaban J connectivity index is 1.65. The van der Waals surface area contributed by atoms with Gasteiger partial charge in [0.1, 0.15) is 0 Å². The van der Waals surface area contributed by atoms with Crippen LogP contribution in [0, 0.1) is 5.92 Å². The van der Waals surface area contributed by atoms with E-state index in [9.17, 15) is 0 Å². The highest BCUT2D eigenvalue weighted by molar-refractivity contribution is 6.42. The number of halogens is 2. The molecule has 27 heavy (non-hydrogen) atoms. The van der Waals surface area contributed by atoms with Crippen LogP contribution in [0.15, 0.2) is 78.9 Å². The molecule has 1 aliphatic carbocycles. The molecule has 3 aromatic carbocycles. The van der Waals surface area contributed by atoms with Crippen LogP contribution in [0.25, 0.3) is 11.1 Å². The van der Waals surface area contributed by atoms with Gasteiger partial charge in [0.15, 0.2) is 0 Å². The zero-order valence-corrected chi connectivity index (χ0v) is 16.2. The first-order chi connectivity index (χ1) is 13.2. The Bertz CT molecular complexity index is 1030. The van der Waals surface area contributed by atoms with E-state index in [0.717, 1.165) is 6.42 Å². The minimum atomic E-state index is 0.206. The Hall–Kier alpha value is -2.22. The monoisotopic (exact) mass is 391 g/mol. The Morgan fingerprint density at radius 2 is 1.70 bits per heavy atom. The molecule has 0 saturated heterocycles. The molecule has 134 valence electrons. The molecule has 3 aromatic rings. The zero-order valence-electron chi connectivity index (χ0n) is 14.7. The standard InChI is InChI=1S/C24H19Cl2N/c25-21-13-12-16(14-22(21)26)23-19-10-5-9-18(19)20-11-4-8-17(24(20)27-23)15-6-2-1-3-7-15/h1-9,11-14,18-19,23,27H,10H2/t18-,19+,23-/m0/s1. The van der Waals surface area contributed by atoms with Crippen molar-refractivity contribution in [3.8, 4) is 11.1 Å². The second-order valence-corrected chi connectivity index (χ2v) is 8.10. The first kappa shape index (κ1) is 16.9. The van der Waals surface area contributed by atoms with Crippen molar-refractivity contribution in [2.45, 2.75) is 18.4 Å². The summed E-state index contributed by atoms with van der Waals surface area (Å²) in [5.74, 6) is 0.908. The highest BCUT2D eigenvalue weighted by Crippen LogP contribution is 2.52. The summed E-state index contributed by atoms with van der Waals surface area (Å²) < 4.78 is 0. The number of benzene rings is 3. The minimum absolute atomic E-state index is 0.206. The van der Waals surface area contributed by atoms with Crippen LogP contribution in [0.4, 0.5) is 5.69 Å². The molecule has 0 radical (unpaired) electrons. The summed E-state index contributed by atoms with van der Waals surface area (Å²) in [7, 11) is 0. The van der Waals surface area contributed by atoms with Crippen molar-refractivity contribution in [2.24, 2.45) is 5.92 Å². The van der Waals surface area contributed by atoms with Gasteiger partial charge in [-0.1, -0.05) is 90.0 Å². The lowest BCUT2D eigenvalue weighted by molar-refractivity contribution is 0.426. The normalized spacial score (nSPS) is 22.8. The molecule has 0 saturated carbocycles. The van der Waals surface area contributed by atoms with E-state index >= 15 is 0 Å². The van der Waals surface area contributed by atoms with Gasteiger partial charge < -0.3 is 5.32 Å². The third-order valence-electron chi connectivity index (χ3n) is 5.78. The van der Waals surface area contributed by atoms with Crippen LogP contribution in [0.3, 0.4) is 0 Å². The molecular weight excluding hydrogens is 373 g/mol. The molecule has 5 rings (SSSR count). The molecule has 3 atom stereocenters. The summed E-state index contributed by atoms with van der Waals surface area (Å²) in [6.45, 7) is 0. The number of anilines is 1. The second kappa shape index (κ2) is 6.74. The van der Waals surface area contributed by atoms with E-state index in [1.165, 1.54) is 27.9 Å². The maximum Gasteiger partial charge on any atom is 0.0595 e. The molecule has 3 heteroatoms.